The van der Waals surface area contributed by atoms with E-state index in [2.05, 4.69) is 9.65 Å². The van der Waals surface area contributed by atoms with Crippen LogP contribution < -0.4 is 4.16 Å². The summed E-state index contributed by atoms with van der Waals surface area (Å²) in [4.78, 5) is 2.91. The zero-order chi connectivity index (χ0) is 5.82. The number of hydrogen-bond donors (Lipinski definition) is 1. The van der Waals surface area contributed by atoms with Crippen molar-refractivity contribution in [2.45, 2.75) is 0 Å². The summed E-state index contributed by atoms with van der Waals surface area (Å²) >= 11 is -0.965. The van der Waals surface area contributed by atoms with Crippen LogP contribution in [0.5, 0.6) is 0 Å². The molecule has 0 radical (unpaired) electrons. The molecule has 0 bridgehead atoms. The Kier molecular flexibility index (Phi) is 1.82. The number of aromatic nitrogens is 1. The van der Waals surface area contributed by atoms with Gasteiger partial charge in [0.2, 0.25) is 0 Å². The van der Waals surface area contributed by atoms with Gasteiger partial charge in [0.1, 0.15) is 0 Å². The van der Waals surface area contributed by atoms with Gasteiger partial charge >= 0.3 is 54.7 Å². The van der Waals surface area contributed by atoms with Crippen molar-refractivity contribution >= 4 is 4.16 Å². The van der Waals surface area contributed by atoms with Crippen LogP contribution in [0, 0.1) is 9.93 Å². The Hall–Kier alpha value is -0.607. The van der Waals surface area contributed by atoms with Crippen molar-refractivity contribution in [2.24, 2.45) is 0 Å². The molecule has 0 saturated heterocycles. The van der Waals surface area contributed by atoms with Gasteiger partial charge in [-0.25, -0.2) is 0 Å². The molecule has 1 aromatic heterocycles. The fourth-order valence-electron chi connectivity index (χ4n) is 0.560. The van der Waals surface area contributed by atoms with Gasteiger partial charge < -0.3 is 0 Å². The number of nitrogens with one attached hydrogen (secondary N) is 1. The zero-order valence-electron chi connectivity index (χ0n) is 4.39. The molecule has 3 heteroatoms. The summed E-state index contributed by atoms with van der Waals surface area (Å²) in [5.41, 5.74) is 0. The Balaban J connectivity index is 2.67. The number of H-pyrrole nitrogens is 1. The molecule has 36 valence electrons. The molecule has 0 saturated carbocycles. The van der Waals surface area contributed by atoms with E-state index in [4.69, 9.17) is 5.26 Å². The van der Waals surface area contributed by atoms with Crippen LogP contribution in [-0.4, -0.2) is 4.98 Å². The minimum absolute atomic E-state index is 0.965. The molecule has 0 spiro atoms. The SMILES string of the molecule is N#[C][Zn][c]1cc[nH]c1. The first-order valence-corrected chi connectivity index (χ1v) is 5.39. The third-order valence-electron chi connectivity index (χ3n) is 0.946. The van der Waals surface area contributed by atoms with Crippen molar-refractivity contribution in [2.75, 3.05) is 0 Å². The molecule has 0 aliphatic heterocycles. The van der Waals surface area contributed by atoms with Crippen LogP contribution in [-0.2, 0) is 17.1 Å². The molecule has 2 nitrogen and oxygen atoms in total. The maximum absolute atomic E-state index is 8.26. The van der Waals surface area contributed by atoms with Crippen molar-refractivity contribution < 1.29 is 17.1 Å². The van der Waals surface area contributed by atoms with Gasteiger partial charge in [-0.1, -0.05) is 0 Å². The molecule has 0 fully saturated rings. The summed E-state index contributed by atoms with van der Waals surface area (Å²) in [7, 11) is 0. The average Bonchev–Trinajstić information content (AvgIpc) is 2.19. The van der Waals surface area contributed by atoms with Crippen LogP contribution in [0.4, 0.5) is 0 Å². The van der Waals surface area contributed by atoms with E-state index in [1.165, 1.54) is 4.16 Å². The second-order valence-electron chi connectivity index (χ2n) is 1.55. The van der Waals surface area contributed by atoms with E-state index in [1.54, 1.807) is 0 Å². The van der Waals surface area contributed by atoms with E-state index in [1.807, 2.05) is 18.5 Å². The molecule has 0 aliphatic rings. The Morgan fingerprint density at radius 1 is 1.75 bits per heavy atom. The van der Waals surface area contributed by atoms with Gasteiger partial charge in [-0.05, 0) is 0 Å². The number of nitrogens with zero attached hydrogens (tertiary/aromatic N) is 1. The van der Waals surface area contributed by atoms with E-state index in [0.717, 1.165) is 0 Å². The van der Waals surface area contributed by atoms with E-state index < -0.39 is 17.1 Å². The first-order valence-electron chi connectivity index (χ1n) is 2.42. The first kappa shape index (κ1) is 5.53. The third-order valence-corrected chi connectivity index (χ3v) is 3.06. The Morgan fingerprint density at radius 3 is 3.12 bits per heavy atom. The number of nitriles is 1. The number of hydrogen-bond acceptors (Lipinski definition) is 1. The fourth-order valence-corrected chi connectivity index (χ4v) is 1.90. The predicted molar refractivity (Wildman–Crippen MR) is 26.0 cm³/mol. The molecule has 0 aromatic carbocycles. The van der Waals surface area contributed by atoms with E-state index >= 15 is 0 Å². The molecule has 1 rings (SSSR count). The first-order chi connectivity index (χ1) is 3.93. The summed E-state index contributed by atoms with van der Waals surface area (Å²) in [6.07, 6.45) is 3.77. The van der Waals surface area contributed by atoms with Crippen molar-refractivity contribution in [3.05, 3.63) is 18.5 Å². The van der Waals surface area contributed by atoms with E-state index in [9.17, 15) is 0 Å². The molecular weight excluding hydrogens is 153 g/mol. The number of aromatic amines is 1. The second-order valence-corrected chi connectivity index (χ2v) is 4.67. The van der Waals surface area contributed by atoms with Gasteiger partial charge in [-0.15, -0.1) is 0 Å². The average molecular weight is 157 g/mol. The van der Waals surface area contributed by atoms with Crippen LogP contribution in [0.2, 0.25) is 0 Å². The van der Waals surface area contributed by atoms with Gasteiger partial charge in [-0.2, -0.15) is 0 Å². The summed E-state index contributed by atoms with van der Waals surface area (Å²) in [5, 5.41) is 8.26. The van der Waals surface area contributed by atoms with Crippen molar-refractivity contribution in [3.63, 3.8) is 0 Å². The number of rotatable bonds is 1. The summed E-state index contributed by atoms with van der Waals surface area (Å²) < 4.78 is 3.47. The van der Waals surface area contributed by atoms with Crippen LogP contribution in [0.1, 0.15) is 0 Å². The standard InChI is InChI=1S/C4H4N.CN.Zn/c1-2-4-5-3-1;1-2;/h1,3-5H;;. The van der Waals surface area contributed by atoms with Gasteiger partial charge in [0.15, 0.2) is 0 Å². The van der Waals surface area contributed by atoms with Gasteiger partial charge in [-0.3, -0.25) is 0 Å². The summed E-state index contributed by atoms with van der Waals surface area (Å²) in [6, 6.07) is 1.98. The van der Waals surface area contributed by atoms with Crippen LogP contribution in [0.15, 0.2) is 18.5 Å². The third kappa shape index (κ3) is 1.18. The zero-order valence-corrected chi connectivity index (χ0v) is 7.35. The second kappa shape index (κ2) is 2.64. The molecule has 0 atom stereocenters. The molecule has 1 N–H and O–H groups in total. The Bertz CT molecular complexity index is 185. The van der Waals surface area contributed by atoms with E-state index in [0.29, 0.717) is 0 Å². The molecular formula is C5H4N2Zn. The quantitative estimate of drug-likeness (QED) is 0.582. The summed E-state index contributed by atoms with van der Waals surface area (Å²) in [5.74, 6) is 0. The summed E-state index contributed by atoms with van der Waals surface area (Å²) in [6.45, 7) is 0. The minimum atomic E-state index is -0.965. The molecule has 8 heavy (non-hydrogen) atoms. The van der Waals surface area contributed by atoms with Crippen LogP contribution in [0.25, 0.3) is 0 Å². The molecule has 0 unspecified atom stereocenters. The van der Waals surface area contributed by atoms with Gasteiger partial charge in [0.05, 0.1) is 0 Å². The molecule has 0 amide bonds. The van der Waals surface area contributed by atoms with Gasteiger partial charge in [0, 0.05) is 0 Å². The Labute approximate surface area is 55.1 Å². The van der Waals surface area contributed by atoms with E-state index in [-0.39, 0.29) is 0 Å². The molecule has 0 aliphatic carbocycles. The predicted octanol–water partition coefficient (Wildman–Crippen LogP) is 0.204. The Morgan fingerprint density at radius 2 is 2.62 bits per heavy atom. The maximum atomic E-state index is 8.26. The monoisotopic (exact) mass is 156 g/mol. The molecule has 1 heterocycles. The normalized spacial score (nSPS) is 7.38. The van der Waals surface area contributed by atoms with Gasteiger partial charge in [0.25, 0.3) is 0 Å². The van der Waals surface area contributed by atoms with Crippen LogP contribution in [0.3, 0.4) is 0 Å². The molecule has 1 aromatic rings. The topological polar surface area (TPSA) is 39.6 Å². The van der Waals surface area contributed by atoms with Crippen LogP contribution >= 0.6 is 0 Å². The fraction of sp³-hybridized carbons (Fsp3) is 0. The van der Waals surface area contributed by atoms with Crippen molar-refractivity contribution in [3.8, 4) is 4.66 Å². The van der Waals surface area contributed by atoms with Crippen molar-refractivity contribution in [1.82, 2.24) is 4.98 Å². The van der Waals surface area contributed by atoms with Crippen molar-refractivity contribution in [1.29, 1.82) is 5.26 Å².